The van der Waals surface area contributed by atoms with Crippen LogP contribution in [0.2, 0.25) is 0 Å². The maximum atomic E-state index is 13.0. The first-order chi connectivity index (χ1) is 21.4. The summed E-state index contributed by atoms with van der Waals surface area (Å²) in [4.78, 5) is 74.8. The number of hydrogen-bond donors (Lipinski definition) is 4. The van der Waals surface area contributed by atoms with Crippen molar-refractivity contribution in [1.29, 1.82) is 0 Å². The van der Waals surface area contributed by atoms with Crippen molar-refractivity contribution >= 4 is 35.6 Å². The summed E-state index contributed by atoms with van der Waals surface area (Å²) in [5.74, 6) is -4.45. The molecule has 0 spiro atoms. The van der Waals surface area contributed by atoms with Crippen molar-refractivity contribution in [2.45, 2.75) is 58.3 Å². The average molecular weight is 624 g/mol. The van der Waals surface area contributed by atoms with Crippen molar-refractivity contribution < 1.29 is 48.1 Å². The number of rotatable bonds is 16. The number of cyclic esters (lactones) is 1. The number of amides is 3. The summed E-state index contributed by atoms with van der Waals surface area (Å²) in [6.07, 6.45) is -1.36. The van der Waals surface area contributed by atoms with E-state index in [1.807, 2.05) is 36.4 Å². The number of aliphatic carboxylic acids is 1. The Morgan fingerprint density at radius 1 is 0.867 bits per heavy atom. The zero-order valence-corrected chi connectivity index (χ0v) is 25.2. The van der Waals surface area contributed by atoms with Gasteiger partial charge < -0.3 is 35.3 Å². The molecule has 0 radical (unpaired) electrons. The quantitative estimate of drug-likeness (QED) is 0.202. The molecule has 3 rings (SSSR count). The molecular weight excluding hydrogens is 586 g/mol. The van der Waals surface area contributed by atoms with Crippen LogP contribution in [0.25, 0.3) is 0 Å². The van der Waals surface area contributed by atoms with Gasteiger partial charge in [-0.3, -0.25) is 19.2 Å². The van der Waals surface area contributed by atoms with Crippen LogP contribution in [0, 0.1) is 5.92 Å². The smallest absolute Gasteiger partial charge is 0.408 e. The van der Waals surface area contributed by atoms with Gasteiger partial charge in [0.15, 0.2) is 5.78 Å². The molecule has 0 bridgehead atoms. The van der Waals surface area contributed by atoms with Gasteiger partial charge in [-0.05, 0) is 24.0 Å². The fourth-order valence-corrected chi connectivity index (χ4v) is 4.29. The molecule has 3 atom stereocenters. The minimum Gasteiger partial charge on any atom is -0.486 e. The van der Waals surface area contributed by atoms with Crippen molar-refractivity contribution in [3.8, 4) is 0 Å². The van der Waals surface area contributed by atoms with Crippen LogP contribution in [-0.4, -0.2) is 72.1 Å². The number of Topliss-reactive ketones (excluding diaryl/α,β-unsaturated/α-hetero) is 1. The van der Waals surface area contributed by atoms with Crippen LogP contribution in [0.4, 0.5) is 4.79 Å². The highest BCUT2D eigenvalue weighted by molar-refractivity contribution is 5.96. The number of esters is 1. The number of carboxylic acid groups (broad SMARTS) is 1. The maximum Gasteiger partial charge on any atom is 0.408 e. The summed E-state index contributed by atoms with van der Waals surface area (Å²) in [6.45, 7) is 3.91. The van der Waals surface area contributed by atoms with E-state index in [-0.39, 0.29) is 36.9 Å². The predicted octanol–water partition coefficient (Wildman–Crippen LogP) is 2.04. The minimum atomic E-state index is -1.49. The molecule has 2 aromatic carbocycles. The van der Waals surface area contributed by atoms with Gasteiger partial charge >= 0.3 is 18.0 Å². The molecular formula is C32H37N3O10. The standard InChI is InChI=1S/C32H37N3O10/c1-19(2)28(35-32(42)45-16-22-12-8-5-9-13-22)30(40)33-20(3)29(39)34-24(15-27(37)38)25(36)17-43-26-18-44-31(41)23(26)14-21-10-6-4-7-11-21/h4-13,19-20,24,28H,14-18H2,1-3H3,(H,33,40)(H,34,39)(H,35,42)(H,37,38)/t20-,24?,28-/m0/s1. The van der Waals surface area contributed by atoms with Crippen molar-refractivity contribution in [3.05, 3.63) is 83.1 Å². The van der Waals surface area contributed by atoms with E-state index >= 15 is 0 Å². The number of benzene rings is 2. The first-order valence-corrected chi connectivity index (χ1v) is 14.3. The fourth-order valence-electron chi connectivity index (χ4n) is 4.29. The molecule has 0 fully saturated rings. The zero-order valence-electron chi connectivity index (χ0n) is 25.2. The van der Waals surface area contributed by atoms with Gasteiger partial charge in [-0.1, -0.05) is 74.5 Å². The Bertz CT molecular complexity index is 1410. The highest BCUT2D eigenvalue weighted by atomic mass is 16.6. The van der Waals surface area contributed by atoms with Crippen LogP contribution in [-0.2, 0) is 51.2 Å². The molecule has 4 N–H and O–H groups in total. The van der Waals surface area contributed by atoms with E-state index in [2.05, 4.69) is 16.0 Å². The van der Waals surface area contributed by atoms with Crippen LogP contribution in [0.15, 0.2) is 72.0 Å². The SMILES string of the molecule is CC(C)[C@H](NC(=O)OCc1ccccc1)C(=O)N[C@@H](C)C(=O)NC(CC(=O)O)C(=O)COC1=C(Cc2ccccc2)C(=O)OC1. The molecule has 0 saturated heterocycles. The van der Waals surface area contributed by atoms with E-state index in [4.69, 9.17) is 14.2 Å². The third-order valence-corrected chi connectivity index (χ3v) is 6.80. The lowest BCUT2D eigenvalue weighted by atomic mass is 10.0. The Morgan fingerprint density at radius 3 is 2.09 bits per heavy atom. The molecule has 0 aliphatic carbocycles. The summed E-state index contributed by atoms with van der Waals surface area (Å²) in [7, 11) is 0. The Balaban J connectivity index is 1.57. The third kappa shape index (κ3) is 10.8. The summed E-state index contributed by atoms with van der Waals surface area (Å²) in [6, 6.07) is 14.3. The molecule has 13 nitrogen and oxygen atoms in total. The second kappa shape index (κ2) is 16.6. The molecule has 45 heavy (non-hydrogen) atoms. The lowest BCUT2D eigenvalue weighted by molar-refractivity contribution is -0.141. The molecule has 3 amide bonds. The van der Waals surface area contributed by atoms with E-state index in [0.717, 1.165) is 11.1 Å². The van der Waals surface area contributed by atoms with Gasteiger partial charge in [0.1, 0.15) is 43.7 Å². The van der Waals surface area contributed by atoms with Gasteiger partial charge in [0, 0.05) is 6.42 Å². The number of alkyl carbamates (subject to hydrolysis) is 1. The second-order valence-electron chi connectivity index (χ2n) is 10.7. The van der Waals surface area contributed by atoms with Crippen molar-refractivity contribution in [2.24, 2.45) is 5.92 Å². The Labute approximate surface area is 260 Å². The van der Waals surface area contributed by atoms with Crippen molar-refractivity contribution in [3.63, 3.8) is 0 Å². The number of hydrogen-bond acceptors (Lipinski definition) is 9. The van der Waals surface area contributed by atoms with E-state index in [1.165, 1.54) is 6.92 Å². The summed E-state index contributed by atoms with van der Waals surface area (Å²) in [5.41, 5.74) is 1.82. The first kappa shape index (κ1) is 34.3. The number of carboxylic acids is 1. The first-order valence-electron chi connectivity index (χ1n) is 14.3. The lowest BCUT2D eigenvalue weighted by Gasteiger charge is -2.24. The Hall–Kier alpha value is -5.20. The lowest BCUT2D eigenvalue weighted by Crippen LogP contribution is -2.56. The number of nitrogens with one attached hydrogen (secondary N) is 3. The predicted molar refractivity (Wildman–Crippen MR) is 159 cm³/mol. The Morgan fingerprint density at radius 2 is 1.49 bits per heavy atom. The summed E-state index contributed by atoms with van der Waals surface area (Å²) < 4.78 is 15.8. The molecule has 0 saturated carbocycles. The summed E-state index contributed by atoms with van der Waals surface area (Å²) in [5, 5.41) is 16.7. The van der Waals surface area contributed by atoms with Gasteiger partial charge in [0.25, 0.3) is 0 Å². The molecule has 240 valence electrons. The second-order valence-corrected chi connectivity index (χ2v) is 10.7. The van der Waals surface area contributed by atoms with E-state index in [1.54, 1.807) is 38.1 Å². The molecule has 13 heteroatoms. The fraction of sp³-hybridized carbons (Fsp3) is 0.375. The van der Waals surface area contributed by atoms with Crippen LogP contribution < -0.4 is 16.0 Å². The molecule has 0 aromatic heterocycles. The normalized spacial score (nSPS) is 14.5. The Kier molecular flexibility index (Phi) is 12.6. The van der Waals surface area contributed by atoms with Gasteiger partial charge in [0.05, 0.1) is 12.0 Å². The maximum absolute atomic E-state index is 13.0. The van der Waals surface area contributed by atoms with E-state index in [9.17, 15) is 33.9 Å². The van der Waals surface area contributed by atoms with Crippen LogP contribution in [0.3, 0.4) is 0 Å². The number of ketones is 1. The summed E-state index contributed by atoms with van der Waals surface area (Å²) >= 11 is 0. The molecule has 1 aliphatic heterocycles. The average Bonchev–Trinajstić information content (AvgIpc) is 3.35. The van der Waals surface area contributed by atoms with Crippen molar-refractivity contribution in [2.75, 3.05) is 13.2 Å². The van der Waals surface area contributed by atoms with Gasteiger partial charge in [0.2, 0.25) is 11.8 Å². The van der Waals surface area contributed by atoms with Crippen molar-refractivity contribution in [1.82, 2.24) is 16.0 Å². The minimum absolute atomic E-state index is 0.00438. The monoisotopic (exact) mass is 623 g/mol. The highest BCUT2D eigenvalue weighted by Gasteiger charge is 2.32. The largest absolute Gasteiger partial charge is 0.486 e. The van der Waals surface area contributed by atoms with Crippen LogP contribution >= 0.6 is 0 Å². The van der Waals surface area contributed by atoms with E-state index in [0.29, 0.717) is 0 Å². The number of ether oxygens (including phenoxy) is 3. The third-order valence-electron chi connectivity index (χ3n) is 6.80. The van der Waals surface area contributed by atoms with E-state index < -0.39 is 66.8 Å². The molecule has 1 aliphatic rings. The number of carbonyl (C=O) groups is 6. The molecule has 1 heterocycles. The van der Waals surface area contributed by atoms with Gasteiger partial charge in [-0.25, -0.2) is 9.59 Å². The topological polar surface area (TPSA) is 186 Å². The van der Waals surface area contributed by atoms with Gasteiger partial charge in [-0.2, -0.15) is 0 Å². The molecule has 1 unspecified atom stereocenters. The zero-order chi connectivity index (χ0) is 32.9. The van der Waals surface area contributed by atoms with Crippen LogP contribution in [0.5, 0.6) is 0 Å². The number of carbonyl (C=O) groups excluding carboxylic acids is 5. The highest BCUT2D eigenvalue weighted by Crippen LogP contribution is 2.21. The van der Waals surface area contributed by atoms with Gasteiger partial charge in [-0.15, -0.1) is 0 Å². The molecule has 2 aromatic rings. The van der Waals surface area contributed by atoms with Crippen LogP contribution in [0.1, 0.15) is 38.3 Å².